The van der Waals surface area contributed by atoms with Crippen molar-refractivity contribution in [2.45, 2.75) is 32.5 Å². The molecule has 0 saturated heterocycles. The third-order valence-corrected chi connectivity index (χ3v) is 5.37. The first-order valence-electron chi connectivity index (χ1n) is 9.83. The van der Waals surface area contributed by atoms with Crippen LogP contribution < -0.4 is 0 Å². The minimum Gasteiger partial charge on any atom is -0.494 e. The molecule has 6 nitrogen and oxygen atoms in total. The number of hydrogen-bond acceptors (Lipinski definition) is 6. The third-order valence-electron chi connectivity index (χ3n) is 5.37. The highest BCUT2D eigenvalue weighted by molar-refractivity contribution is 5.85. The van der Waals surface area contributed by atoms with Crippen molar-refractivity contribution < 1.29 is 28.5 Å². The van der Waals surface area contributed by atoms with Crippen molar-refractivity contribution in [1.82, 2.24) is 0 Å². The van der Waals surface area contributed by atoms with Gasteiger partial charge >= 0.3 is 11.9 Å². The van der Waals surface area contributed by atoms with Crippen LogP contribution in [0.2, 0.25) is 0 Å². The van der Waals surface area contributed by atoms with E-state index in [9.17, 15) is 9.59 Å². The lowest BCUT2D eigenvalue weighted by Crippen LogP contribution is -2.31. The smallest absolute Gasteiger partial charge is 0.331 e. The molecule has 0 unspecified atom stereocenters. The minimum atomic E-state index is -0.312. The van der Waals surface area contributed by atoms with E-state index in [-0.39, 0.29) is 36.0 Å². The van der Waals surface area contributed by atoms with Gasteiger partial charge in [0.25, 0.3) is 0 Å². The highest BCUT2D eigenvalue weighted by Crippen LogP contribution is 2.31. The molecule has 0 saturated carbocycles. The van der Waals surface area contributed by atoms with Gasteiger partial charge < -0.3 is 18.9 Å². The molecule has 2 aliphatic carbocycles. The summed E-state index contributed by atoms with van der Waals surface area (Å²) in [7, 11) is 0. The van der Waals surface area contributed by atoms with Gasteiger partial charge in [0.15, 0.2) is 0 Å². The zero-order chi connectivity index (χ0) is 20.4. The molecule has 4 atom stereocenters. The molecule has 0 aromatic heterocycles. The van der Waals surface area contributed by atoms with Gasteiger partial charge in [-0.2, -0.15) is 0 Å². The third kappa shape index (κ3) is 4.36. The first-order chi connectivity index (χ1) is 14.0. The number of hydrogen-bond donors (Lipinski definition) is 0. The molecule has 0 fully saturated rings. The molecule has 29 heavy (non-hydrogen) atoms. The Morgan fingerprint density at radius 2 is 1.24 bits per heavy atom. The van der Waals surface area contributed by atoms with Gasteiger partial charge in [-0.25, -0.2) is 9.59 Å². The van der Waals surface area contributed by atoms with Crippen molar-refractivity contribution in [2.75, 3.05) is 13.2 Å². The highest BCUT2D eigenvalue weighted by Gasteiger charge is 2.31. The SMILES string of the molecule is CC1=CC(=O)O[C@@H]2C=C(OCCCOC3=C[C@@H]4OC(=O)C=C(C)[C@@H]4C=C3)C=C[C@H]12. The lowest BCUT2D eigenvalue weighted by atomic mass is 9.88. The van der Waals surface area contributed by atoms with E-state index in [1.54, 1.807) is 0 Å². The van der Waals surface area contributed by atoms with Crippen LogP contribution in [0, 0.1) is 11.8 Å². The predicted octanol–water partition coefficient (Wildman–Crippen LogP) is 3.29. The van der Waals surface area contributed by atoms with Crippen LogP contribution in [-0.2, 0) is 28.5 Å². The Bertz CT molecular complexity index is 813. The van der Waals surface area contributed by atoms with Crippen LogP contribution in [-0.4, -0.2) is 37.4 Å². The first kappa shape index (κ1) is 19.3. The molecule has 2 aliphatic heterocycles. The zero-order valence-corrected chi connectivity index (χ0v) is 16.5. The maximum absolute atomic E-state index is 11.6. The first-order valence-corrected chi connectivity index (χ1v) is 9.83. The summed E-state index contributed by atoms with van der Waals surface area (Å²) in [5.74, 6) is 0.950. The lowest BCUT2D eigenvalue weighted by Gasteiger charge is -2.29. The average Bonchev–Trinajstić information content (AvgIpc) is 2.67. The molecule has 0 radical (unpaired) electrons. The molecule has 4 rings (SSSR count). The van der Waals surface area contributed by atoms with E-state index in [2.05, 4.69) is 0 Å². The normalized spacial score (nSPS) is 30.0. The van der Waals surface area contributed by atoms with Crippen LogP contribution in [0.1, 0.15) is 20.3 Å². The summed E-state index contributed by atoms with van der Waals surface area (Å²) in [6.07, 6.45) is 14.7. The molecule has 6 heteroatoms. The van der Waals surface area contributed by atoms with E-state index in [4.69, 9.17) is 18.9 Å². The van der Waals surface area contributed by atoms with Crippen molar-refractivity contribution in [2.24, 2.45) is 11.8 Å². The van der Waals surface area contributed by atoms with Crippen molar-refractivity contribution in [3.05, 3.63) is 71.3 Å². The average molecular weight is 396 g/mol. The van der Waals surface area contributed by atoms with Crippen LogP contribution in [0.15, 0.2) is 71.3 Å². The molecule has 2 heterocycles. The van der Waals surface area contributed by atoms with Gasteiger partial charge in [0.1, 0.15) is 23.7 Å². The fourth-order valence-corrected chi connectivity index (χ4v) is 3.83. The van der Waals surface area contributed by atoms with Crippen molar-refractivity contribution in [3.63, 3.8) is 0 Å². The summed E-state index contributed by atoms with van der Waals surface area (Å²) in [5, 5.41) is 0. The molecule has 0 N–H and O–H groups in total. The standard InChI is InChI=1S/C23H24O6/c1-14-10-22(24)28-20-12-16(4-6-18(14)20)26-8-3-9-27-17-5-7-19-15(2)11-23(25)29-21(19)13-17/h4-7,10-13,18-21H,3,8-9H2,1-2H3/t18-,19+,20-,21+. The Morgan fingerprint density at radius 3 is 1.69 bits per heavy atom. The number of fused-ring (bicyclic) bond motifs is 2. The van der Waals surface area contributed by atoms with Crippen molar-refractivity contribution >= 4 is 11.9 Å². The summed E-state index contributed by atoms with van der Waals surface area (Å²) >= 11 is 0. The number of ether oxygens (including phenoxy) is 4. The minimum absolute atomic E-state index is 0.0876. The molecular formula is C23H24O6. The molecule has 0 aromatic rings. The molecular weight excluding hydrogens is 372 g/mol. The molecule has 152 valence electrons. The van der Waals surface area contributed by atoms with Gasteiger partial charge in [-0.3, -0.25) is 0 Å². The van der Waals surface area contributed by atoms with Gasteiger partial charge in [-0.15, -0.1) is 0 Å². The summed E-state index contributed by atoms with van der Waals surface area (Å²) in [5.41, 5.74) is 1.99. The van der Waals surface area contributed by atoms with E-state index < -0.39 is 0 Å². The zero-order valence-electron chi connectivity index (χ0n) is 16.5. The highest BCUT2D eigenvalue weighted by atomic mass is 16.6. The van der Waals surface area contributed by atoms with Gasteiger partial charge in [-0.05, 0) is 38.2 Å². The van der Waals surface area contributed by atoms with Crippen molar-refractivity contribution in [1.29, 1.82) is 0 Å². The maximum atomic E-state index is 11.6. The number of allylic oxidation sites excluding steroid dienone is 2. The van der Waals surface area contributed by atoms with Crippen LogP contribution in [0.4, 0.5) is 0 Å². The molecule has 0 bridgehead atoms. The molecule has 0 aromatic carbocycles. The Morgan fingerprint density at radius 1 is 0.793 bits per heavy atom. The fourth-order valence-electron chi connectivity index (χ4n) is 3.83. The predicted molar refractivity (Wildman–Crippen MR) is 105 cm³/mol. The molecule has 4 aliphatic rings. The molecule has 0 amide bonds. The lowest BCUT2D eigenvalue weighted by molar-refractivity contribution is -0.144. The number of rotatable bonds is 6. The second kappa shape index (κ2) is 8.15. The van der Waals surface area contributed by atoms with Gasteiger partial charge in [0.05, 0.1) is 13.2 Å². The van der Waals surface area contributed by atoms with E-state index in [1.807, 2.05) is 50.3 Å². The van der Waals surface area contributed by atoms with Gasteiger partial charge in [-0.1, -0.05) is 23.3 Å². The van der Waals surface area contributed by atoms with Crippen molar-refractivity contribution in [3.8, 4) is 0 Å². The topological polar surface area (TPSA) is 71.1 Å². The summed E-state index contributed by atoms with van der Waals surface area (Å²) in [4.78, 5) is 23.1. The Kier molecular flexibility index (Phi) is 5.43. The van der Waals surface area contributed by atoms with Gasteiger partial charge in [0, 0.05) is 30.4 Å². The van der Waals surface area contributed by atoms with Crippen LogP contribution in [0.3, 0.4) is 0 Å². The second-order valence-corrected chi connectivity index (χ2v) is 7.54. The monoisotopic (exact) mass is 396 g/mol. The van der Waals surface area contributed by atoms with E-state index in [0.29, 0.717) is 31.2 Å². The quantitative estimate of drug-likeness (QED) is 0.507. The Balaban J connectivity index is 1.21. The Labute approximate surface area is 169 Å². The van der Waals surface area contributed by atoms with E-state index in [1.165, 1.54) is 12.2 Å². The number of esters is 2. The number of carbonyl (C=O) groups is 2. The maximum Gasteiger partial charge on any atom is 0.331 e. The summed E-state index contributed by atoms with van der Waals surface area (Å²) in [6.45, 7) is 4.83. The van der Waals surface area contributed by atoms with E-state index in [0.717, 1.165) is 11.1 Å². The summed E-state index contributed by atoms with van der Waals surface area (Å²) in [6, 6.07) is 0. The second-order valence-electron chi connectivity index (χ2n) is 7.54. The van der Waals surface area contributed by atoms with Crippen LogP contribution in [0.5, 0.6) is 0 Å². The van der Waals surface area contributed by atoms with Crippen LogP contribution in [0.25, 0.3) is 0 Å². The van der Waals surface area contributed by atoms with Gasteiger partial charge in [0.2, 0.25) is 0 Å². The van der Waals surface area contributed by atoms with Crippen LogP contribution >= 0.6 is 0 Å². The fraction of sp³-hybridized carbons (Fsp3) is 0.391. The largest absolute Gasteiger partial charge is 0.494 e. The summed E-state index contributed by atoms with van der Waals surface area (Å²) < 4.78 is 22.3. The number of carbonyl (C=O) groups excluding carboxylic acids is 2. The Hall–Kier alpha value is -3.02. The van der Waals surface area contributed by atoms with E-state index >= 15 is 0 Å². The molecule has 0 spiro atoms.